The summed E-state index contributed by atoms with van der Waals surface area (Å²) in [7, 11) is -4.04. The predicted octanol–water partition coefficient (Wildman–Crippen LogP) is 3.20. The maximum absolute atomic E-state index is 12.5. The summed E-state index contributed by atoms with van der Waals surface area (Å²) in [6.07, 6.45) is 0. The highest BCUT2D eigenvalue weighted by atomic mass is 35.5. The number of halogens is 1. The van der Waals surface area contributed by atoms with Gasteiger partial charge in [-0.25, -0.2) is 0 Å². The summed E-state index contributed by atoms with van der Waals surface area (Å²) in [5.41, 5.74) is 0.887. The summed E-state index contributed by atoms with van der Waals surface area (Å²) < 4.78 is 27.1. The Kier molecular flexibility index (Phi) is 6.11. The van der Waals surface area contributed by atoms with E-state index in [0.29, 0.717) is 17.0 Å². The van der Waals surface area contributed by atoms with Crippen LogP contribution in [0.2, 0.25) is 5.02 Å². The van der Waals surface area contributed by atoms with E-state index in [1.54, 1.807) is 30.3 Å². The highest BCUT2D eigenvalue weighted by Gasteiger charge is 2.22. The van der Waals surface area contributed by atoms with Crippen molar-refractivity contribution in [3.63, 3.8) is 0 Å². The highest BCUT2D eigenvalue weighted by Crippen LogP contribution is 2.25. The molecular formula is C17H14ClN5O4S2. The molecule has 0 bridgehead atoms. The summed E-state index contributed by atoms with van der Waals surface area (Å²) in [6, 6.07) is 12.6. The molecule has 0 spiro atoms. The molecular weight excluding hydrogens is 438 g/mol. The Morgan fingerprint density at radius 3 is 2.45 bits per heavy atom. The van der Waals surface area contributed by atoms with E-state index >= 15 is 0 Å². The van der Waals surface area contributed by atoms with Crippen LogP contribution in [0.1, 0.15) is 17.3 Å². The van der Waals surface area contributed by atoms with Crippen molar-refractivity contribution in [3.05, 3.63) is 59.1 Å². The lowest BCUT2D eigenvalue weighted by Crippen LogP contribution is -2.13. The highest BCUT2D eigenvalue weighted by molar-refractivity contribution is 7.94. The fraction of sp³-hybridized carbons (Fsp3) is 0.0588. The maximum atomic E-state index is 12.5. The number of hydrogen-bond donors (Lipinski definition) is 3. The topological polar surface area (TPSA) is 130 Å². The molecule has 0 radical (unpaired) electrons. The molecule has 0 unspecified atom stereocenters. The predicted molar refractivity (Wildman–Crippen MR) is 111 cm³/mol. The molecule has 2 amide bonds. The molecule has 1 aromatic heterocycles. The van der Waals surface area contributed by atoms with Gasteiger partial charge in [0.25, 0.3) is 20.3 Å². The number of hydrogen-bond acceptors (Lipinski definition) is 7. The zero-order valence-corrected chi connectivity index (χ0v) is 17.2. The lowest BCUT2D eigenvalue weighted by atomic mass is 10.2. The van der Waals surface area contributed by atoms with Crippen LogP contribution in [0.3, 0.4) is 0 Å². The molecule has 0 aliphatic carbocycles. The number of sulfonamides is 1. The number of amides is 2. The molecule has 0 saturated heterocycles. The molecule has 150 valence electrons. The Morgan fingerprint density at radius 2 is 1.72 bits per heavy atom. The Balaban J connectivity index is 1.74. The Morgan fingerprint density at radius 1 is 1.00 bits per heavy atom. The Bertz CT molecular complexity index is 1180. The molecule has 0 aliphatic rings. The average Bonchev–Trinajstić information content (AvgIpc) is 3.11. The normalized spacial score (nSPS) is 11.0. The van der Waals surface area contributed by atoms with Crippen molar-refractivity contribution >= 4 is 61.3 Å². The Labute approximate surface area is 175 Å². The molecule has 1 heterocycles. The van der Waals surface area contributed by atoms with Crippen LogP contribution in [-0.4, -0.2) is 30.4 Å². The quantitative estimate of drug-likeness (QED) is 0.493. The monoisotopic (exact) mass is 451 g/mol. The summed E-state index contributed by atoms with van der Waals surface area (Å²) in [6.45, 7) is 1.34. The van der Waals surface area contributed by atoms with Crippen molar-refractivity contribution in [2.75, 3.05) is 15.4 Å². The minimum Gasteiger partial charge on any atom is -0.326 e. The van der Waals surface area contributed by atoms with Crippen molar-refractivity contribution in [1.82, 2.24) is 10.2 Å². The number of rotatable bonds is 6. The van der Waals surface area contributed by atoms with Gasteiger partial charge >= 0.3 is 0 Å². The van der Waals surface area contributed by atoms with Crippen molar-refractivity contribution in [2.24, 2.45) is 0 Å². The van der Waals surface area contributed by atoms with Crippen molar-refractivity contribution in [1.29, 1.82) is 0 Å². The first-order valence-corrected chi connectivity index (χ1v) is 10.7. The van der Waals surface area contributed by atoms with Gasteiger partial charge in [-0.1, -0.05) is 41.1 Å². The zero-order chi connectivity index (χ0) is 21.0. The molecule has 0 atom stereocenters. The van der Waals surface area contributed by atoms with Crippen molar-refractivity contribution in [3.8, 4) is 0 Å². The van der Waals surface area contributed by atoms with Gasteiger partial charge in [-0.2, -0.15) is 8.42 Å². The molecule has 12 heteroatoms. The van der Waals surface area contributed by atoms with Crippen LogP contribution in [0.15, 0.2) is 52.9 Å². The smallest absolute Gasteiger partial charge is 0.291 e. The van der Waals surface area contributed by atoms with Gasteiger partial charge in [0.05, 0.1) is 16.3 Å². The molecule has 3 N–H and O–H groups in total. The van der Waals surface area contributed by atoms with E-state index in [1.807, 2.05) is 0 Å². The number of nitrogens with zero attached hydrogens (tertiary/aromatic N) is 2. The molecule has 0 aliphatic heterocycles. The maximum Gasteiger partial charge on any atom is 0.291 e. The second-order valence-corrected chi connectivity index (χ2v) is 8.92. The Hall–Kier alpha value is -3.02. The van der Waals surface area contributed by atoms with Crippen LogP contribution in [0.25, 0.3) is 0 Å². The van der Waals surface area contributed by atoms with Gasteiger partial charge in [0.1, 0.15) is 0 Å². The summed E-state index contributed by atoms with van der Waals surface area (Å²) in [4.78, 5) is 23.4. The van der Waals surface area contributed by atoms with Crippen LogP contribution >= 0.6 is 22.9 Å². The van der Waals surface area contributed by atoms with E-state index in [4.69, 9.17) is 11.6 Å². The first kappa shape index (κ1) is 20.7. The minimum absolute atomic E-state index is 0.00212. The number of benzene rings is 2. The van der Waals surface area contributed by atoms with E-state index in [-0.39, 0.29) is 31.7 Å². The molecule has 2 aromatic carbocycles. The third-order valence-electron chi connectivity index (χ3n) is 3.41. The van der Waals surface area contributed by atoms with Crippen molar-refractivity contribution < 1.29 is 18.0 Å². The summed E-state index contributed by atoms with van der Waals surface area (Å²) in [5.74, 6) is -0.820. The fourth-order valence-corrected chi connectivity index (χ4v) is 4.41. The summed E-state index contributed by atoms with van der Waals surface area (Å²) >= 11 is 6.66. The third kappa shape index (κ3) is 5.28. The van der Waals surface area contributed by atoms with Gasteiger partial charge in [0.15, 0.2) is 0 Å². The molecule has 3 rings (SSSR count). The molecule has 9 nitrogen and oxygen atoms in total. The van der Waals surface area contributed by atoms with E-state index < -0.39 is 15.9 Å². The summed E-state index contributed by atoms with van der Waals surface area (Å²) in [5, 5.41) is 12.6. The third-order valence-corrected chi connectivity index (χ3v) is 6.33. The first-order chi connectivity index (χ1) is 13.7. The number of nitrogens with one attached hydrogen (secondary N) is 3. The number of carbonyl (C=O) groups is 2. The van der Waals surface area contributed by atoms with Gasteiger partial charge in [-0.3, -0.25) is 19.6 Å². The van der Waals surface area contributed by atoms with E-state index in [1.165, 1.54) is 25.1 Å². The van der Waals surface area contributed by atoms with E-state index in [2.05, 4.69) is 25.6 Å². The average molecular weight is 452 g/mol. The number of anilines is 3. The second-order valence-electron chi connectivity index (χ2n) is 5.67. The van der Waals surface area contributed by atoms with Gasteiger partial charge in [0.2, 0.25) is 11.0 Å². The first-order valence-electron chi connectivity index (χ1n) is 8.04. The fourth-order valence-electron chi connectivity index (χ4n) is 2.24. The minimum atomic E-state index is -4.04. The van der Waals surface area contributed by atoms with Gasteiger partial charge in [-0.05, 0) is 30.3 Å². The molecule has 0 saturated carbocycles. The van der Waals surface area contributed by atoms with Gasteiger partial charge < -0.3 is 5.32 Å². The van der Waals surface area contributed by atoms with Crippen LogP contribution in [0, 0.1) is 0 Å². The SMILES string of the molecule is CC(=O)Nc1cccc(NS(=O)(=O)c2nnc(NC(=O)c3ccccc3Cl)s2)c1. The lowest BCUT2D eigenvalue weighted by molar-refractivity contribution is -0.114. The van der Waals surface area contributed by atoms with Crippen LogP contribution < -0.4 is 15.4 Å². The van der Waals surface area contributed by atoms with Gasteiger partial charge in [0, 0.05) is 12.6 Å². The molecule has 3 aromatic rings. The second kappa shape index (κ2) is 8.55. The number of aromatic nitrogens is 2. The van der Waals surface area contributed by atoms with Crippen molar-refractivity contribution in [2.45, 2.75) is 11.3 Å². The van der Waals surface area contributed by atoms with Crippen LogP contribution in [0.5, 0.6) is 0 Å². The van der Waals surface area contributed by atoms with Gasteiger partial charge in [-0.15, -0.1) is 10.2 Å². The van der Waals surface area contributed by atoms with Crippen LogP contribution in [0.4, 0.5) is 16.5 Å². The molecule has 29 heavy (non-hydrogen) atoms. The van der Waals surface area contributed by atoms with E-state index in [9.17, 15) is 18.0 Å². The largest absolute Gasteiger partial charge is 0.326 e. The van der Waals surface area contributed by atoms with Crippen LogP contribution in [-0.2, 0) is 14.8 Å². The van der Waals surface area contributed by atoms with E-state index in [0.717, 1.165) is 0 Å². The lowest BCUT2D eigenvalue weighted by Gasteiger charge is -2.07. The molecule has 0 fully saturated rings. The number of carbonyl (C=O) groups excluding carboxylic acids is 2. The standard InChI is InChI=1S/C17H14ClN5O4S2/c1-10(24)19-11-5-4-6-12(9-11)23-29(26,27)17-22-21-16(28-17)20-15(25)13-7-2-3-8-14(13)18/h2-9,23H,1H3,(H,19,24)(H,20,21,25). The zero-order valence-electron chi connectivity index (χ0n) is 14.8.